The lowest BCUT2D eigenvalue weighted by Crippen LogP contribution is -2.51. The first-order valence-corrected chi connectivity index (χ1v) is 13.9. The molecule has 1 saturated heterocycles. The molecule has 0 radical (unpaired) electrons. The molecule has 1 aromatic carbocycles. The van der Waals surface area contributed by atoms with Gasteiger partial charge < -0.3 is 15.0 Å². The maximum absolute atomic E-state index is 12.9. The van der Waals surface area contributed by atoms with Crippen LogP contribution in [0.15, 0.2) is 35.2 Å². The minimum absolute atomic E-state index is 0.304. The van der Waals surface area contributed by atoms with Crippen LogP contribution >= 0.6 is 23.6 Å². The minimum atomic E-state index is -3.52. The quantitative estimate of drug-likeness (QED) is 0.497. The molecule has 1 fully saturated rings. The molecule has 10 heteroatoms. The van der Waals surface area contributed by atoms with E-state index in [1.165, 1.54) is 29.1 Å². The van der Waals surface area contributed by atoms with Crippen LogP contribution in [0.1, 0.15) is 46.5 Å². The summed E-state index contributed by atoms with van der Waals surface area (Å²) in [5, 5.41) is 4.53. The van der Waals surface area contributed by atoms with Crippen molar-refractivity contribution in [3.05, 3.63) is 46.3 Å². The van der Waals surface area contributed by atoms with Crippen LogP contribution in [-0.4, -0.2) is 62.0 Å². The smallest absolute Gasteiger partial charge is 0.341 e. The molecule has 2 heterocycles. The van der Waals surface area contributed by atoms with Gasteiger partial charge in [0.1, 0.15) is 5.00 Å². The number of esters is 1. The van der Waals surface area contributed by atoms with E-state index >= 15 is 0 Å². The van der Waals surface area contributed by atoms with Crippen LogP contribution in [0.2, 0.25) is 0 Å². The topological polar surface area (TPSA) is 79.0 Å². The zero-order chi connectivity index (χ0) is 23.4. The first-order chi connectivity index (χ1) is 15.9. The second-order valence-electron chi connectivity index (χ2n) is 8.25. The molecule has 1 aliphatic carbocycles. The molecule has 33 heavy (non-hydrogen) atoms. The fourth-order valence-corrected chi connectivity index (χ4v) is 7.44. The maximum Gasteiger partial charge on any atom is 0.341 e. The Kier molecular flexibility index (Phi) is 7.68. The molecule has 1 aromatic heterocycles. The number of benzene rings is 1. The summed E-state index contributed by atoms with van der Waals surface area (Å²) in [6.07, 6.45) is 6.41. The Morgan fingerprint density at radius 1 is 1.03 bits per heavy atom. The molecular formula is C23H29N3O4S3. The average Bonchev–Trinajstić information content (AvgIpc) is 3.14. The first kappa shape index (κ1) is 24.1. The Bertz CT molecular complexity index is 1110. The van der Waals surface area contributed by atoms with Gasteiger partial charge >= 0.3 is 5.97 Å². The molecule has 1 aliphatic heterocycles. The Morgan fingerprint density at radius 3 is 2.36 bits per heavy atom. The Hall–Kier alpha value is -2.01. The fourth-order valence-electron chi connectivity index (χ4n) is 4.37. The van der Waals surface area contributed by atoms with E-state index in [1.54, 1.807) is 41.7 Å². The summed E-state index contributed by atoms with van der Waals surface area (Å²) < 4.78 is 32.4. The SMILES string of the molecule is COC(=O)c1c(NC(=S)N2CCN(S(=O)(=O)c3ccccc3)CC2)sc2c1CCCCCC2. The molecule has 4 rings (SSSR count). The lowest BCUT2D eigenvalue weighted by atomic mass is 9.96. The van der Waals surface area contributed by atoms with E-state index in [1.807, 2.05) is 4.90 Å². The number of anilines is 1. The van der Waals surface area contributed by atoms with E-state index in [4.69, 9.17) is 17.0 Å². The third-order valence-corrected chi connectivity index (χ3v) is 9.67. The van der Waals surface area contributed by atoms with E-state index in [0.717, 1.165) is 36.2 Å². The molecule has 0 amide bonds. The van der Waals surface area contributed by atoms with Gasteiger partial charge in [0.15, 0.2) is 5.11 Å². The molecule has 178 valence electrons. The van der Waals surface area contributed by atoms with Crippen LogP contribution < -0.4 is 5.32 Å². The van der Waals surface area contributed by atoms with Gasteiger partial charge in [-0.05, 0) is 55.6 Å². The van der Waals surface area contributed by atoms with Crippen molar-refractivity contribution in [3.63, 3.8) is 0 Å². The summed E-state index contributed by atoms with van der Waals surface area (Å²) in [7, 11) is -2.11. The Morgan fingerprint density at radius 2 is 1.70 bits per heavy atom. The number of sulfonamides is 1. The van der Waals surface area contributed by atoms with E-state index in [2.05, 4.69) is 5.32 Å². The van der Waals surface area contributed by atoms with Gasteiger partial charge in [-0.1, -0.05) is 31.0 Å². The lowest BCUT2D eigenvalue weighted by molar-refractivity contribution is 0.0601. The van der Waals surface area contributed by atoms with Crippen LogP contribution in [0, 0.1) is 0 Å². The number of hydrogen-bond acceptors (Lipinski definition) is 6. The van der Waals surface area contributed by atoms with Crippen LogP contribution in [0.5, 0.6) is 0 Å². The van der Waals surface area contributed by atoms with Gasteiger partial charge in [0.05, 0.1) is 17.6 Å². The van der Waals surface area contributed by atoms with Crippen LogP contribution in [0.4, 0.5) is 5.00 Å². The number of ether oxygens (including phenoxy) is 1. The summed E-state index contributed by atoms with van der Waals surface area (Å²) in [4.78, 5) is 16.1. The van der Waals surface area contributed by atoms with Gasteiger partial charge in [0.2, 0.25) is 10.0 Å². The summed E-state index contributed by atoms with van der Waals surface area (Å²) in [5.74, 6) is -0.336. The minimum Gasteiger partial charge on any atom is -0.465 e. The Balaban J connectivity index is 1.46. The lowest BCUT2D eigenvalue weighted by Gasteiger charge is -2.35. The summed E-state index contributed by atoms with van der Waals surface area (Å²) in [6, 6.07) is 8.49. The number of carbonyl (C=O) groups excluding carboxylic acids is 1. The number of methoxy groups -OCH3 is 1. The van der Waals surface area contributed by atoms with E-state index in [0.29, 0.717) is 41.8 Å². The van der Waals surface area contributed by atoms with Crippen molar-refractivity contribution in [1.29, 1.82) is 0 Å². The zero-order valence-electron chi connectivity index (χ0n) is 18.7. The van der Waals surface area contributed by atoms with Crippen molar-refractivity contribution in [1.82, 2.24) is 9.21 Å². The largest absolute Gasteiger partial charge is 0.465 e. The van der Waals surface area contributed by atoms with Crippen molar-refractivity contribution < 1.29 is 17.9 Å². The monoisotopic (exact) mass is 507 g/mol. The molecular weight excluding hydrogens is 478 g/mol. The Labute approximate surface area is 204 Å². The van der Waals surface area contributed by atoms with Crippen molar-refractivity contribution in [2.75, 3.05) is 38.6 Å². The van der Waals surface area contributed by atoms with Gasteiger partial charge in [0.25, 0.3) is 0 Å². The number of thiophene rings is 1. The average molecular weight is 508 g/mol. The number of rotatable bonds is 4. The predicted molar refractivity (Wildman–Crippen MR) is 135 cm³/mol. The number of fused-ring (bicyclic) bond motifs is 1. The van der Waals surface area contributed by atoms with E-state index in [-0.39, 0.29) is 5.97 Å². The highest BCUT2D eigenvalue weighted by atomic mass is 32.2. The third kappa shape index (κ3) is 5.24. The second-order valence-corrected chi connectivity index (χ2v) is 11.7. The molecule has 2 aliphatic rings. The number of piperazine rings is 1. The number of carbonyl (C=O) groups is 1. The van der Waals surface area contributed by atoms with Gasteiger partial charge in [-0.15, -0.1) is 11.3 Å². The molecule has 0 saturated carbocycles. The fraction of sp³-hybridized carbons (Fsp3) is 0.478. The zero-order valence-corrected chi connectivity index (χ0v) is 21.2. The molecule has 0 spiro atoms. The predicted octanol–water partition coefficient (Wildman–Crippen LogP) is 3.90. The summed E-state index contributed by atoms with van der Waals surface area (Å²) in [6.45, 7) is 1.67. The molecule has 0 atom stereocenters. The van der Waals surface area contributed by atoms with Crippen molar-refractivity contribution in [2.24, 2.45) is 0 Å². The molecule has 1 N–H and O–H groups in total. The van der Waals surface area contributed by atoms with Crippen molar-refractivity contribution in [2.45, 2.75) is 43.4 Å². The highest BCUT2D eigenvalue weighted by molar-refractivity contribution is 7.89. The van der Waals surface area contributed by atoms with Crippen LogP contribution in [-0.2, 0) is 27.6 Å². The second kappa shape index (κ2) is 10.5. The van der Waals surface area contributed by atoms with Crippen molar-refractivity contribution >= 4 is 49.7 Å². The number of nitrogens with zero attached hydrogens (tertiary/aromatic N) is 2. The number of aryl methyl sites for hydroxylation is 1. The summed E-state index contributed by atoms with van der Waals surface area (Å²) in [5.41, 5.74) is 1.70. The highest BCUT2D eigenvalue weighted by Gasteiger charge is 2.30. The van der Waals surface area contributed by atoms with Gasteiger partial charge in [0, 0.05) is 31.1 Å². The number of nitrogens with one attached hydrogen (secondary N) is 1. The number of thiocarbonyl (C=S) groups is 1. The summed E-state index contributed by atoms with van der Waals surface area (Å²) >= 11 is 7.25. The normalized spacial score (nSPS) is 17.5. The molecule has 2 aromatic rings. The van der Waals surface area contributed by atoms with Crippen molar-refractivity contribution in [3.8, 4) is 0 Å². The van der Waals surface area contributed by atoms with Crippen LogP contribution in [0.25, 0.3) is 0 Å². The van der Waals surface area contributed by atoms with Gasteiger partial charge in [-0.25, -0.2) is 13.2 Å². The molecule has 0 unspecified atom stereocenters. The third-order valence-electron chi connectivity index (χ3n) is 6.19. The molecule has 0 bridgehead atoms. The highest BCUT2D eigenvalue weighted by Crippen LogP contribution is 2.37. The maximum atomic E-state index is 12.9. The first-order valence-electron chi connectivity index (χ1n) is 11.3. The molecule has 7 nitrogen and oxygen atoms in total. The van der Waals surface area contributed by atoms with E-state index in [9.17, 15) is 13.2 Å². The van der Waals surface area contributed by atoms with Gasteiger partial charge in [-0.2, -0.15) is 4.31 Å². The van der Waals surface area contributed by atoms with Crippen LogP contribution in [0.3, 0.4) is 0 Å². The van der Waals surface area contributed by atoms with Gasteiger partial charge in [-0.3, -0.25) is 0 Å². The number of hydrogen-bond donors (Lipinski definition) is 1. The standard InChI is InChI=1S/C23H29N3O4S3/c1-30-22(27)20-18-11-7-2-3-8-12-19(18)32-21(20)24-23(31)25-13-15-26(16-14-25)33(28,29)17-9-5-4-6-10-17/h4-6,9-10H,2-3,7-8,11-16H2,1H3,(H,24,31). The van der Waals surface area contributed by atoms with E-state index < -0.39 is 10.0 Å².